The Kier molecular flexibility index (Phi) is 5.68. The van der Waals surface area contributed by atoms with Gasteiger partial charge < -0.3 is 10.6 Å². The zero-order valence-corrected chi connectivity index (χ0v) is 16.8. The van der Waals surface area contributed by atoms with Gasteiger partial charge in [0.15, 0.2) is 0 Å². The van der Waals surface area contributed by atoms with Crippen molar-refractivity contribution >= 4 is 23.1 Å². The van der Waals surface area contributed by atoms with E-state index in [4.69, 9.17) is 0 Å². The fourth-order valence-corrected chi connectivity index (χ4v) is 3.16. The van der Waals surface area contributed by atoms with Gasteiger partial charge in [-0.25, -0.2) is 9.97 Å². The second kappa shape index (κ2) is 8.89. The number of nitriles is 1. The number of aromatic nitrogens is 2. The van der Waals surface area contributed by atoms with Crippen molar-refractivity contribution in [3.63, 3.8) is 0 Å². The Labute approximate surface area is 180 Å². The summed E-state index contributed by atoms with van der Waals surface area (Å²) in [5.74, 6) is 0.986. The molecule has 31 heavy (non-hydrogen) atoms. The van der Waals surface area contributed by atoms with E-state index in [0.29, 0.717) is 28.5 Å². The lowest BCUT2D eigenvalue weighted by atomic mass is 10.1. The third kappa shape index (κ3) is 4.74. The van der Waals surface area contributed by atoms with E-state index in [-0.39, 0.29) is 5.91 Å². The molecule has 4 aromatic rings. The summed E-state index contributed by atoms with van der Waals surface area (Å²) >= 11 is 0. The summed E-state index contributed by atoms with van der Waals surface area (Å²) in [5, 5.41) is 15.3. The number of aryl methyl sites for hydroxylation is 1. The number of benzene rings is 3. The zero-order valence-electron chi connectivity index (χ0n) is 16.8. The number of hydrogen-bond donors (Lipinski definition) is 2. The van der Waals surface area contributed by atoms with Crippen molar-refractivity contribution in [1.29, 1.82) is 5.26 Å². The minimum Gasteiger partial charge on any atom is -0.340 e. The number of anilines is 3. The van der Waals surface area contributed by atoms with Gasteiger partial charge in [0.05, 0.1) is 16.9 Å². The van der Waals surface area contributed by atoms with Crippen LogP contribution in [-0.4, -0.2) is 15.9 Å². The summed E-state index contributed by atoms with van der Waals surface area (Å²) in [5.41, 5.74) is 3.89. The van der Waals surface area contributed by atoms with Gasteiger partial charge in [0.2, 0.25) is 0 Å². The number of rotatable bonds is 5. The van der Waals surface area contributed by atoms with Crippen LogP contribution in [0.25, 0.3) is 11.3 Å². The highest BCUT2D eigenvalue weighted by atomic mass is 16.1. The molecule has 0 saturated carbocycles. The second-order valence-electron chi connectivity index (χ2n) is 6.87. The minimum absolute atomic E-state index is 0.296. The molecule has 0 spiro atoms. The molecule has 0 aliphatic rings. The van der Waals surface area contributed by atoms with E-state index < -0.39 is 0 Å². The Bertz CT molecular complexity index is 1280. The van der Waals surface area contributed by atoms with Gasteiger partial charge in [-0.2, -0.15) is 5.26 Å². The molecule has 0 aliphatic heterocycles. The number of nitrogens with zero attached hydrogens (tertiary/aromatic N) is 3. The first-order chi connectivity index (χ1) is 15.1. The van der Waals surface area contributed by atoms with Crippen LogP contribution in [0.1, 0.15) is 21.7 Å². The Balaban J connectivity index is 1.56. The number of nitrogens with one attached hydrogen (secondary N) is 2. The summed E-state index contributed by atoms with van der Waals surface area (Å²) in [6.45, 7) is 1.84. The number of para-hydroxylation sites is 1. The third-order valence-electron chi connectivity index (χ3n) is 4.60. The van der Waals surface area contributed by atoms with E-state index in [1.54, 1.807) is 42.5 Å². The van der Waals surface area contributed by atoms with Crippen LogP contribution in [0.5, 0.6) is 0 Å². The van der Waals surface area contributed by atoms with Gasteiger partial charge in [0, 0.05) is 22.9 Å². The van der Waals surface area contributed by atoms with Gasteiger partial charge in [-0.05, 0) is 37.3 Å². The minimum atomic E-state index is -0.296. The van der Waals surface area contributed by atoms with Crippen LogP contribution in [0.4, 0.5) is 17.2 Å². The molecule has 6 heteroatoms. The van der Waals surface area contributed by atoms with Crippen molar-refractivity contribution in [3.8, 4) is 17.3 Å². The highest BCUT2D eigenvalue weighted by molar-refractivity contribution is 6.05. The monoisotopic (exact) mass is 405 g/mol. The quantitative estimate of drug-likeness (QED) is 0.469. The van der Waals surface area contributed by atoms with Crippen molar-refractivity contribution < 1.29 is 4.79 Å². The second-order valence-corrected chi connectivity index (χ2v) is 6.87. The Morgan fingerprint density at radius 3 is 2.48 bits per heavy atom. The lowest BCUT2D eigenvalue weighted by molar-refractivity contribution is 0.102. The smallest absolute Gasteiger partial charge is 0.255 e. The SMILES string of the molecule is Cc1nc(Nc2cccc(C(=O)Nc3ccccc3C#N)c2)cc(-c2ccccc2)n1. The highest BCUT2D eigenvalue weighted by Gasteiger charge is 2.10. The maximum Gasteiger partial charge on any atom is 0.255 e. The van der Waals surface area contributed by atoms with Crippen LogP contribution in [0.2, 0.25) is 0 Å². The molecule has 0 saturated heterocycles. The van der Waals surface area contributed by atoms with Gasteiger partial charge >= 0.3 is 0 Å². The molecule has 0 radical (unpaired) electrons. The summed E-state index contributed by atoms with van der Waals surface area (Å²) in [4.78, 5) is 21.7. The molecule has 6 nitrogen and oxygen atoms in total. The Morgan fingerprint density at radius 1 is 0.903 bits per heavy atom. The number of hydrogen-bond acceptors (Lipinski definition) is 5. The van der Waals surface area contributed by atoms with Crippen LogP contribution >= 0.6 is 0 Å². The first kappa shape index (κ1) is 19.8. The van der Waals surface area contributed by atoms with Crippen molar-refractivity contribution in [2.45, 2.75) is 6.92 Å². The lowest BCUT2D eigenvalue weighted by Gasteiger charge is -2.11. The van der Waals surface area contributed by atoms with Crippen LogP contribution in [0, 0.1) is 18.3 Å². The molecule has 1 heterocycles. The summed E-state index contributed by atoms with van der Waals surface area (Å²) in [6, 6.07) is 27.8. The first-order valence-electron chi connectivity index (χ1n) is 9.71. The average Bonchev–Trinajstić information content (AvgIpc) is 2.80. The molecule has 0 fully saturated rings. The van der Waals surface area contributed by atoms with Crippen molar-refractivity contribution in [1.82, 2.24) is 9.97 Å². The Morgan fingerprint density at radius 2 is 1.68 bits per heavy atom. The number of carbonyl (C=O) groups is 1. The molecule has 0 unspecified atom stereocenters. The van der Waals surface area contributed by atoms with E-state index >= 15 is 0 Å². The van der Waals surface area contributed by atoms with Crippen LogP contribution < -0.4 is 10.6 Å². The summed E-state index contributed by atoms with van der Waals surface area (Å²) < 4.78 is 0. The van der Waals surface area contributed by atoms with Gasteiger partial charge in [-0.15, -0.1) is 0 Å². The van der Waals surface area contributed by atoms with Gasteiger partial charge in [-0.3, -0.25) is 4.79 Å². The molecule has 0 aliphatic carbocycles. The summed E-state index contributed by atoms with van der Waals surface area (Å²) in [7, 11) is 0. The molecule has 3 aromatic carbocycles. The van der Waals surface area contributed by atoms with Gasteiger partial charge in [-0.1, -0.05) is 48.5 Å². The molecular weight excluding hydrogens is 386 g/mol. The van der Waals surface area contributed by atoms with Crippen molar-refractivity contribution in [2.75, 3.05) is 10.6 Å². The third-order valence-corrected chi connectivity index (χ3v) is 4.60. The van der Waals surface area contributed by atoms with Gasteiger partial charge in [0.1, 0.15) is 17.7 Å². The fraction of sp³-hybridized carbons (Fsp3) is 0.0400. The van der Waals surface area contributed by atoms with Crippen molar-refractivity contribution in [3.05, 3.63) is 102 Å². The highest BCUT2D eigenvalue weighted by Crippen LogP contribution is 2.23. The molecule has 2 N–H and O–H groups in total. The van der Waals surface area contributed by atoms with E-state index in [1.807, 2.05) is 49.4 Å². The largest absolute Gasteiger partial charge is 0.340 e. The molecule has 0 atom stereocenters. The predicted octanol–water partition coefficient (Wildman–Crippen LogP) is 5.32. The van der Waals surface area contributed by atoms with E-state index in [9.17, 15) is 10.1 Å². The van der Waals surface area contributed by atoms with Crippen LogP contribution in [-0.2, 0) is 0 Å². The maximum atomic E-state index is 12.7. The predicted molar refractivity (Wildman–Crippen MR) is 121 cm³/mol. The molecular formula is C25H19N5O. The molecule has 0 bridgehead atoms. The molecule has 4 rings (SSSR count). The molecule has 1 amide bonds. The standard InChI is InChI=1S/C25H19N5O/c1-17-27-23(18-8-3-2-4-9-18)15-24(28-17)29-21-12-7-11-19(14-21)25(31)30-22-13-6-5-10-20(22)16-26/h2-15H,1H3,(H,30,31)(H,27,28,29). The Hall–Kier alpha value is -4.50. The number of carbonyl (C=O) groups excluding carboxylic acids is 1. The van der Waals surface area contributed by atoms with Gasteiger partial charge in [0.25, 0.3) is 5.91 Å². The number of amides is 1. The summed E-state index contributed by atoms with van der Waals surface area (Å²) in [6.07, 6.45) is 0. The van der Waals surface area contributed by atoms with E-state index in [2.05, 4.69) is 26.7 Å². The first-order valence-corrected chi connectivity index (χ1v) is 9.71. The fourth-order valence-electron chi connectivity index (χ4n) is 3.16. The lowest BCUT2D eigenvalue weighted by Crippen LogP contribution is -2.13. The zero-order chi connectivity index (χ0) is 21.6. The topological polar surface area (TPSA) is 90.7 Å². The van der Waals surface area contributed by atoms with E-state index in [1.165, 1.54) is 0 Å². The van der Waals surface area contributed by atoms with Crippen molar-refractivity contribution in [2.24, 2.45) is 0 Å². The normalized spacial score (nSPS) is 10.2. The average molecular weight is 405 g/mol. The van der Waals surface area contributed by atoms with Crippen LogP contribution in [0.3, 0.4) is 0 Å². The van der Waals surface area contributed by atoms with E-state index in [0.717, 1.165) is 16.9 Å². The molecule has 1 aromatic heterocycles. The molecule has 150 valence electrons. The van der Waals surface area contributed by atoms with Crippen LogP contribution in [0.15, 0.2) is 84.9 Å². The maximum absolute atomic E-state index is 12.7.